The number of pyridine rings is 2. The van der Waals surface area contributed by atoms with Gasteiger partial charge in [0.05, 0.1) is 45.5 Å². The minimum Gasteiger partial charge on any atom is -0.350 e. The third kappa shape index (κ3) is 5.09. The number of aromatic nitrogens is 2. The number of halogens is 2. The number of carbonyl (C=O) groups is 2. The Balaban J connectivity index is 1.63. The molecule has 0 saturated heterocycles. The van der Waals surface area contributed by atoms with Gasteiger partial charge in [-0.05, 0) is 41.5 Å². The third-order valence-corrected chi connectivity index (χ3v) is 5.86. The van der Waals surface area contributed by atoms with Gasteiger partial charge in [0.1, 0.15) is 0 Å². The van der Waals surface area contributed by atoms with E-state index < -0.39 is 5.91 Å². The summed E-state index contributed by atoms with van der Waals surface area (Å²) in [4.78, 5) is 34.4. The number of nitrogens with one attached hydrogen (secondary N) is 2. The van der Waals surface area contributed by atoms with Crippen LogP contribution in [0.2, 0.25) is 10.0 Å². The van der Waals surface area contributed by atoms with Gasteiger partial charge in [-0.25, -0.2) is 0 Å². The lowest BCUT2D eigenvalue weighted by Crippen LogP contribution is -2.25. The van der Waals surface area contributed by atoms with Crippen molar-refractivity contribution in [2.75, 3.05) is 5.32 Å². The molecule has 0 bridgehead atoms. The molecule has 8 heteroatoms. The molecule has 2 heterocycles. The highest BCUT2D eigenvalue weighted by atomic mass is 35.5. The van der Waals surface area contributed by atoms with E-state index in [2.05, 4.69) is 27.2 Å². The molecule has 0 spiro atoms. The van der Waals surface area contributed by atoms with E-state index >= 15 is 0 Å². The van der Waals surface area contributed by atoms with E-state index in [0.29, 0.717) is 17.7 Å². The Labute approximate surface area is 206 Å². The van der Waals surface area contributed by atoms with Crippen LogP contribution in [0, 0.1) is 0 Å². The van der Waals surface area contributed by atoms with Crippen LogP contribution in [0.25, 0.3) is 17.0 Å². The Morgan fingerprint density at radius 1 is 0.971 bits per heavy atom. The molecule has 2 aromatic heterocycles. The molecule has 2 amide bonds. The second kappa shape index (κ2) is 10.5. The molecule has 0 fully saturated rings. The molecule has 0 radical (unpaired) electrons. The molecule has 2 N–H and O–H groups in total. The second-order valence-electron chi connectivity index (χ2n) is 7.42. The normalized spacial score (nSPS) is 10.6. The third-order valence-electron chi connectivity index (χ3n) is 5.23. The summed E-state index contributed by atoms with van der Waals surface area (Å²) in [6.45, 7) is 4.17. The topological polar surface area (TPSA) is 84.0 Å². The summed E-state index contributed by atoms with van der Waals surface area (Å²) in [7, 11) is 0. The van der Waals surface area contributed by atoms with Crippen molar-refractivity contribution in [2.24, 2.45) is 0 Å². The summed E-state index contributed by atoms with van der Waals surface area (Å²) < 4.78 is 0. The molecule has 0 aliphatic heterocycles. The monoisotopic (exact) mass is 490 g/mol. The molecular weight excluding hydrogens is 471 g/mol. The lowest BCUT2D eigenvalue weighted by molar-refractivity contribution is -0.120. The zero-order valence-electron chi connectivity index (χ0n) is 18.0. The number of para-hydroxylation sites is 1. The van der Waals surface area contributed by atoms with Crippen LogP contribution in [0.1, 0.15) is 27.2 Å². The van der Waals surface area contributed by atoms with Crippen molar-refractivity contribution >= 4 is 57.7 Å². The summed E-state index contributed by atoms with van der Waals surface area (Å²) >= 11 is 12.4. The molecule has 4 rings (SSSR count). The molecule has 170 valence electrons. The Morgan fingerprint density at radius 3 is 2.44 bits per heavy atom. The van der Waals surface area contributed by atoms with E-state index in [0.717, 1.165) is 22.2 Å². The fourth-order valence-electron chi connectivity index (χ4n) is 3.58. The van der Waals surface area contributed by atoms with Gasteiger partial charge in [-0.15, -0.1) is 0 Å². The fourth-order valence-corrected chi connectivity index (χ4v) is 4.15. The number of hydrogen-bond donors (Lipinski definition) is 2. The number of fused-ring (bicyclic) bond motifs is 1. The van der Waals surface area contributed by atoms with Crippen LogP contribution in [0.4, 0.5) is 5.69 Å². The molecule has 0 atom stereocenters. The van der Waals surface area contributed by atoms with Crippen LogP contribution in [-0.2, 0) is 17.8 Å². The van der Waals surface area contributed by atoms with Crippen LogP contribution in [-0.4, -0.2) is 21.8 Å². The lowest BCUT2D eigenvalue weighted by Gasteiger charge is -2.14. The molecule has 0 aliphatic rings. The molecule has 4 aromatic rings. The molecule has 0 saturated carbocycles. The first-order chi connectivity index (χ1) is 16.5. The van der Waals surface area contributed by atoms with E-state index in [9.17, 15) is 9.59 Å². The van der Waals surface area contributed by atoms with Gasteiger partial charge in [0.2, 0.25) is 5.91 Å². The number of nitrogens with zero attached hydrogens (tertiary/aromatic N) is 2. The van der Waals surface area contributed by atoms with Crippen molar-refractivity contribution < 1.29 is 9.59 Å². The number of amides is 2. The predicted molar refractivity (Wildman–Crippen MR) is 136 cm³/mol. The number of rotatable bonds is 7. The Morgan fingerprint density at radius 2 is 1.74 bits per heavy atom. The number of carbonyl (C=O) groups excluding carboxylic acids is 2. The Kier molecular flexibility index (Phi) is 7.21. The highest BCUT2D eigenvalue weighted by molar-refractivity contribution is 6.40. The van der Waals surface area contributed by atoms with Gasteiger partial charge in [0.15, 0.2) is 0 Å². The molecular formula is C26H20Cl2N4O2. The highest BCUT2D eigenvalue weighted by Crippen LogP contribution is 2.30. The first kappa shape index (κ1) is 23.4. The van der Waals surface area contributed by atoms with Gasteiger partial charge in [0.25, 0.3) is 5.91 Å². The average molecular weight is 491 g/mol. The van der Waals surface area contributed by atoms with Gasteiger partial charge >= 0.3 is 0 Å². The number of anilines is 1. The smallest absolute Gasteiger partial charge is 0.258 e. The summed E-state index contributed by atoms with van der Waals surface area (Å²) in [6.07, 6.45) is 5.08. The number of hydrogen-bond acceptors (Lipinski definition) is 4. The van der Waals surface area contributed by atoms with E-state index in [1.807, 2.05) is 24.3 Å². The van der Waals surface area contributed by atoms with Gasteiger partial charge < -0.3 is 10.6 Å². The summed E-state index contributed by atoms with van der Waals surface area (Å²) in [5, 5.41) is 6.96. The van der Waals surface area contributed by atoms with E-state index in [1.165, 1.54) is 0 Å². The van der Waals surface area contributed by atoms with Crippen molar-refractivity contribution in [3.8, 4) is 0 Å². The largest absolute Gasteiger partial charge is 0.350 e. The Hall–Kier alpha value is -3.74. The number of benzene rings is 2. The van der Waals surface area contributed by atoms with Crippen molar-refractivity contribution in [2.45, 2.75) is 13.0 Å². The van der Waals surface area contributed by atoms with Gasteiger partial charge in [0, 0.05) is 17.8 Å². The zero-order chi connectivity index (χ0) is 24.1. The van der Waals surface area contributed by atoms with Crippen molar-refractivity contribution in [3.05, 3.63) is 106 Å². The summed E-state index contributed by atoms with van der Waals surface area (Å²) in [5.74, 6) is -0.620. The van der Waals surface area contributed by atoms with Gasteiger partial charge in [-0.1, -0.05) is 60.1 Å². The Bertz CT molecular complexity index is 1370. The minimum absolute atomic E-state index is 0.112. The molecule has 34 heavy (non-hydrogen) atoms. The lowest BCUT2D eigenvalue weighted by atomic mass is 9.99. The van der Waals surface area contributed by atoms with Crippen molar-refractivity contribution in [3.63, 3.8) is 0 Å². The maximum absolute atomic E-state index is 12.9. The maximum atomic E-state index is 12.9. The SMILES string of the molecule is C=Cc1cnc2c(NC(=O)c3c(Cl)cccc3Cl)cccc2c1CC(=O)NCc1ccccn1. The quantitative estimate of drug-likeness (QED) is 0.348. The minimum atomic E-state index is -0.452. The second-order valence-corrected chi connectivity index (χ2v) is 8.24. The van der Waals surface area contributed by atoms with Gasteiger partial charge in [-0.3, -0.25) is 19.6 Å². The van der Waals surface area contributed by atoms with Crippen molar-refractivity contribution in [1.29, 1.82) is 0 Å². The zero-order valence-corrected chi connectivity index (χ0v) is 19.5. The van der Waals surface area contributed by atoms with E-state index in [-0.39, 0.29) is 27.9 Å². The highest BCUT2D eigenvalue weighted by Gasteiger charge is 2.18. The molecule has 2 aromatic carbocycles. The van der Waals surface area contributed by atoms with Crippen LogP contribution in [0.5, 0.6) is 0 Å². The maximum Gasteiger partial charge on any atom is 0.258 e. The predicted octanol–water partition coefficient (Wildman–Crippen LogP) is 5.69. The first-order valence-corrected chi connectivity index (χ1v) is 11.2. The fraction of sp³-hybridized carbons (Fsp3) is 0.0769. The van der Waals surface area contributed by atoms with E-state index in [4.69, 9.17) is 23.2 Å². The van der Waals surface area contributed by atoms with Gasteiger partial charge in [-0.2, -0.15) is 0 Å². The first-order valence-electron chi connectivity index (χ1n) is 10.4. The van der Waals surface area contributed by atoms with E-state index in [1.54, 1.807) is 48.8 Å². The van der Waals surface area contributed by atoms with Crippen molar-refractivity contribution in [1.82, 2.24) is 15.3 Å². The summed E-state index contributed by atoms with van der Waals surface area (Å²) in [6, 6.07) is 15.8. The molecule has 0 aliphatic carbocycles. The summed E-state index contributed by atoms with van der Waals surface area (Å²) in [5.41, 5.74) is 3.45. The molecule has 6 nitrogen and oxygen atoms in total. The van der Waals surface area contributed by atoms with Crippen LogP contribution >= 0.6 is 23.2 Å². The van der Waals surface area contributed by atoms with Crippen LogP contribution in [0.15, 0.2) is 73.6 Å². The van der Waals surface area contributed by atoms with Crippen LogP contribution < -0.4 is 10.6 Å². The molecule has 0 unspecified atom stereocenters. The van der Waals surface area contributed by atoms with Crippen LogP contribution in [0.3, 0.4) is 0 Å². The standard InChI is InChI=1S/C26H20Cl2N4O2/c1-2-16-14-31-25-18(19(16)13-23(33)30-15-17-7-3-4-12-29-17)8-5-11-22(25)32-26(34)24-20(27)9-6-10-21(24)28/h2-12,14H,1,13,15H2,(H,30,33)(H,32,34). The average Bonchev–Trinajstić information content (AvgIpc) is 2.84.